The Morgan fingerprint density at radius 3 is 2.44 bits per heavy atom. The van der Waals surface area contributed by atoms with Crippen molar-refractivity contribution >= 4 is 69.9 Å². The Balaban J connectivity index is 1.00. The molecule has 4 unspecified atom stereocenters. The molecule has 2 aliphatic carbocycles. The summed E-state index contributed by atoms with van der Waals surface area (Å²) in [6.07, 6.45) is 6.92. The molecule has 0 spiro atoms. The molecule has 2 amide bonds. The van der Waals surface area contributed by atoms with Crippen molar-refractivity contribution in [2.75, 3.05) is 57.1 Å². The van der Waals surface area contributed by atoms with Crippen molar-refractivity contribution in [2.24, 2.45) is 32.0 Å². The van der Waals surface area contributed by atoms with Gasteiger partial charge >= 0.3 is 5.97 Å². The number of carboxylic acid groups (broad SMARTS) is 1. The van der Waals surface area contributed by atoms with Crippen LogP contribution in [0.4, 0.5) is 17.2 Å². The number of aromatic nitrogens is 1. The van der Waals surface area contributed by atoms with Crippen LogP contribution in [0.25, 0.3) is 5.57 Å². The number of fused-ring (bicyclic) bond motifs is 3. The number of carbonyl (C=O) groups excluding carboxylic acids is 3. The van der Waals surface area contributed by atoms with Crippen LogP contribution in [0.2, 0.25) is 0 Å². The van der Waals surface area contributed by atoms with E-state index in [1.165, 1.54) is 6.20 Å². The Morgan fingerprint density at radius 2 is 1.73 bits per heavy atom. The van der Waals surface area contributed by atoms with Crippen molar-refractivity contribution in [3.05, 3.63) is 119 Å². The predicted molar refractivity (Wildman–Crippen MR) is 293 cm³/mol. The maximum atomic E-state index is 13.8. The molecule has 7 rings (SSSR count). The molecule has 388 valence electrons. The van der Waals surface area contributed by atoms with Crippen LogP contribution in [0.15, 0.2) is 99.9 Å². The Hall–Kier alpha value is -6.20. The number of nitrogens with zero attached hydrogens (tertiary/aromatic N) is 5. The van der Waals surface area contributed by atoms with Gasteiger partial charge in [-0.15, -0.1) is 0 Å². The summed E-state index contributed by atoms with van der Waals surface area (Å²) in [6.45, 7) is 20.3. The summed E-state index contributed by atoms with van der Waals surface area (Å²) < 4.78 is 7.09. The van der Waals surface area contributed by atoms with Gasteiger partial charge in [-0.25, -0.2) is 9.78 Å². The molecule has 1 aliphatic heterocycles. The molecular formula is C57H73N9O6S. The lowest BCUT2D eigenvalue weighted by atomic mass is 9.48. The number of nitrogens with two attached hydrogens (primary N) is 1. The van der Waals surface area contributed by atoms with Crippen molar-refractivity contribution in [1.29, 1.82) is 0 Å². The summed E-state index contributed by atoms with van der Waals surface area (Å²) in [5, 5.41) is 18.8. The van der Waals surface area contributed by atoms with Crippen molar-refractivity contribution in [3.63, 3.8) is 0 Å². The lowest BCUT2D eigenvalue weighted by Gasteiger charge is -2.61. The fraction of sp³-hybridized carbons (Fsp3) is 0.456. The third kappa shape index (κ3) is 13.5. The van der Waals surface area contributed by atoms with Crippen LogP contribution in [0.3, 0.4) is 0 Å². The first-order valence-electron chi connectivity index (χ1n) is 25.1. The number of benzene rings is 3. The fourth-order valence-corrected chi connectivity index (χ4v) is 13.1. The van der Waals surface area contributed by atoms with Crippen LogP contribution in [-0.2, 0) is 33.8 Å². The predicted octanol–water partition coefficient (Wildman–Crippen LogP) is 8.93. The number of carbonyl (C=O) groups is 4. The number of ether oxygens (including phenoxy) is 1. The Bertz CT molecular complexity index is 2770. The minimum atomic E-state index is -1.17. The first-order valence-corrected chi connectivity index (χ1v) is 26.0. The largest absolute Gasteiger partial charge is 0.476 e. The molecule has 73 heavy (non-hydrogen) atoms. The number of rotatable bonds is 20. The molecular weight excluding hydrogens is 939 g/mol. The van der Waals surface area contributed by atoms with E-state index in [1.54, 1.807) is 20.0 Å². The van der Waals surface area contributed by atoms with E-state index < -0.39 is 12.0 Å². The number of hydrogen-bond acceptors (Lipinski definition) is 13. The van der Waals surface area contributed by atoms with Gasteiger partial charge in [-0.1, -0.05) is 70.2 Å². The SMILES string of the molecule is C=Nc1ccccc1SC(=O)c1cccc2c1CN(c1ccc(C(=CN)C(C)=NCC3(C)CC4(C)CC(C)(C)CC(OCCN(C)Cc5ccc(NC(=O)C(C)NC(=O)CNC)cc5)(C3)C4)c(C(=O)O)n1)CC2. The molecule has 4 aromatic rings. The average molecular weight is 1010 g/mol. The zero-order valence-electron chi connectivity index (χ0n) is 43.8. The molecule has 0 saturated heterocycles. The second-order valence-corrected chi connectivity index (χ2v) is 22.9. The van der Waals surface area contributed by atoms with Crippen LogP contribution in [-0.4, -0.2) is 109 Å². The number of aromatic carboxylic acids is 1. The van der Waals surface area contributed by atoms with E-state index in [2.05, 4.69) is 67.3 Å². The summed E-state index contributed by atoms with van der Waals surface area (Å²) in [4.78, 5) is 70.3. The third-order valence-electron chi connectivity index (χ3n) is 14.4. The number of hydrogen-bond donors (Lipinski definition) is 5. The maximum Gasteiger partial charge on any atom is 0.355 e. The van der Waals surface area contributed by atoms with Gasteiger partial charge in [0, 0.05) is 71.9 Å². The third-order valence-corrected chi connectivity index (χ3v) is 15.4. The number of anilines is 2. The van der Waals surface area contributed by atoms with Crippen LogP contribution >= 0.6 is 11.8 Å². The van der Waals surface area contributed by atoms with Crippen LogP contribution in [0, 0.1) is 16.2 Å². The summed E-state index contributed by atoms with van der Waals surface area (Å²) >= 11 is 1.12. The van der Waals surface area contributed by atoms with Crippen molar-refractivity contribution < 1.29 is 29.0 Å². The van der Waals surface area contributed by atoms with E-state index in [0.717, 1.165) is 72.0 Å². The summed E-state index contributed by atoms with van der Waals surface area (Å²) in [6, 6.07) is 23.9. The number of likely N-dealkylation sites (N-methyl/N-ethyl adjacent to an activating group) is 2. The molecule has 0 radical (unpaired) electrons. The highest BCUT2D eigenvalue weighted by Crippen LogP contribution is 2.63. The van der Waals surface area contributed by atoms with Crippen LogP contribution in [0.1, 0.15) is 117 Å². The molecule has 3 aliphatic rings. The smallest absolute Gasteiger partial charge is 0.355 e. The number of aliphatic imine (C=N–C) groups is 2. The molecule has 6 N–H and O–H groups in total. The standard InChI is InChI=1S/C57H73N9O6S/c1-37(44(27-58)42-21-22-48(64-50(42)52(69)70)66-24-23-40-13-12-14-43(45(40)30-66)53(71)73-47-16-11-10-15-46(47)60-8)61-36-56(6)33-55(5)31-54(3,4)32-57(34-55,35-56)72-26-25-65(9)29-39-17-19-41(20-18-39)63-51(68)38(2)62-49(67)28-59-7/h10-22,27,38,59H,8,23-26,28-36,58H2,1-7,9H3,(H,62,67)(H,63,68)(H,69,70). The minimum absolute atomic E-state index is 0.0381. The zero-order chi connectivity index (χ0) is 52.7. The highest BCUT2D eigenvalue weighted by atomic mass is 32.2. The van der Waals surface area contributed by atoms with Gasteiger partial charge in [0.15, 0.2) is 5.69 Å². The van der Waals surface area contributed by atoms with Gasteiger partial charge in [-0.05, 0) is 154 Å². The minimum Gasteiger partial charge on any atom is -0.476 e. The first kappa shape index (κ1) is 54.6. The van der Waals surface area contributed by atoms with Crippen LogP contribution < -0.4 is 26.6 Å². The highest BCUT2D eigenvalue weighted by molar-refractivity contribution is 8.14. The van der Waals surface area contributed by atoms with E-state index in [9.17, 15) is 24.3 Å². The normalized spacial score (nSPS) is 22.0. The van der Waals surface area contributed by atoms with E-state index >= 15 is 0 Å². The Labute approximate surface area is 435 Å². The van der Waals surface area contributed by atoms with Crippen molar-refractivity contribution in [1.82, 2.24) is 20.5 Å². The molecule has 2 bridgehead atoms. The first-order chi connectivity index (χ1) is 34.7. The molecule has 3 aromatic carbocycles. The van der Waals surface area contributed by atoms with Crippen molar-refractivity contribution in [3.8, 4) is 0 Å². The highest BCUT2D eigenvalue weighted by Gasteiger charge is 2.58. The number of nitrogens with one attached hydrogen (secondary N) is 3. The molecule has 4 atom stereocenters. The average Bonchev–Trinajstić information content (AvgIpc) is 3.32. The number of para-hydroxylation sites is 1. The molecule has 2 fully saturated rings. The number of thioether (sulfide) groups is 1. The van der Waals surface area contributed by atoms with E-state index in [-0.39, 0.29) is 51.0 Å². The monoisotopic (exact) mass is 1010 g/mol. The second kappa shape index (κ2) is 22.9. The molecule has 16 heteroatoms. The summed E-state index contributed by atoms with van der Waals surface area (Å²) in [7, 11) is 3.76. The number of allylic oxidation sites excluding steroid dienone is 1. The molecule has 2 saturated carbocycles. The summed E-state index contributed by atoms with van der Waals surface area (Å²) in [5.41, 5.74) is 12.3. The number of amides is 2. The maximum absolute atomic E-state index is 13.8. The Morgan fingerprint density at radius 1 is 0.973 bits per heavy atom. The molecule has 2 heterocycles. The van der Waals surface area contributed by atoms with E-state index in [4.69, 9.17) is 20.4 Å². The topological polar surface area (TPSA) is 204 Å². The van der Waals surface area contributed by atoms with Gasteiger partial charge in [0.25, 0.3) is 0 Å². The number of pyridine rings is 1. The van der Waals surface area contributed by atoms with Gasteiger partial charge in [-0.3, -0.25) is 29.3 Å². The second-order valence-electron chi connectivity index (χ2n) is 21.9. The summed E-state index contributed by atoms with van der Waals surface area (Å²) in [5.74, 6) is -1.20. The van der Waals surface area contributed by atoms with Gasteiger partial charge in [0.1, 0.15) is 11.9 Å². The van der Waals surface area contributed by atoms with E-state index in [1.807, 2.05) is 84.6 Å². The van der Waals surface area contributed by atoms with Gasteiger partial charge in [0.05, 0.1) is 24.4 Å². The van der Waals surface area contributed by atoms with Crippen molar-refractivity contribution in [2.45, 2.75) is 110 Å². The quantitative estimate of drug-likeness (QED) is 0.0416. The van der Waals surface area contributed by atoms with Gasteiger partial charge in [-0.2, -0.15) is 0 Å². The van der Waals surface area contributed by atoms with Gasteiger partial charge in [0.2, 0.25) is 16.9 Å². The van der Waals surface area contributed by atoms with Crippen LogP contribution in [0.5, 0.6) is 0 Å². The van der Waals surface area contributed by atoms with E-state index in [0.29, 0.717) is 78.8 Å². The lowest BCUT2D eigenvalue weighted by Crippen LogP contribution is -2.57. The Kier molecular flexibility index (Phi) is 17.1. The fourth-order valence-electron chi connectivity index (χ4n) is 12.3. The van der Waals surface area contributed by atoms with Gasteiger partial charge < -0.3 is 36.4 Å². The lowest BCUT2D eigenvalue weighted by molar-refractivity contribution is -0.190. The number of carboxylic acids is 1. The zero-order valence-corrected chi connectivity index (χ0v) is 44.6. The molecule has 15 nitrogen and oxygen atoms in total. The molecule has 1 aromatic heterocycles.